The number of hydrogen-bond acceptors (Lipinski definition) is 4. The van der Waals surface area contributed by atoms with Gasteiger partial charge in [-0.3, -0.25) is 4.72 Å². The summed E-state index contributed by atoms with van der Waals surface area (Å²) in [4.78, 5) is 11.1. The zero-order chi connectivity index (χ0) is 16.3. The number of carboxylic acids is 1. The molecule has 0 aliphatic rings. The zero-order valence-corrected chi connectivity index (χ0v) is 13.0. The van der Waals surface area contributed by atoms with E-state index in [1.807, 2.05) is 6.26 Å². The highest BCUT2D eigenvalue weighted by atomic mass is 32.2. The second-order valence-electron chi connectivity index (χ2n) is 4.28. The summed E-state index contributed by atoms with van der Waals surface area (Å²) in [6, 6.07) is 9.12. The molecule has 0 saturated carbocycles. The molecule has 0 aromatic heterocycles. The van der Waals surface area contributed by atoms with Crippen LogP contribution in [0.4, 0.5) is 10.1 Å². The first-order valence-corrected chi connectivity index (χ1v) is 8.74. The Balaban J connectivity index is 2.37. The number of halogens is 1. The number of rotatable bonds is 5. The van der Waals surface area contributed by atoms with Crippen molar-refractivity contribution in [2.24, 2.45) is 0 Å². The molecule has 0 spiro atoms. The molecular formula is C14H12FNO4S2. The van der Waals surface area contributed by atoms with Gasteiger partial charge in [0.05, 0.1) is 5.56 Å². The summed E-state index contributed by atoms with van der Waals surface area (Å²) in [5.74, 6) is -2.35. The van der Waals surface area contributed by atoms with Crippen LogP contribution in [0.5, 0.6) is 0 Å². The molecule has 0 amide bonds. The van der Waals surface area contributed by atoms with Gasteiger partial charge in [-0.25, -0.2) is 17.6 Å². The van der Waals surface area contributed by atoms with E-state index in [1.54, 1.807) is 24.3 Å². The lowest BCUT2D eigenvalue weighted by Gasteiger charge is -2.10. The van der Waals surface area contributed by atoms with Crippen LogP contribution >= 0.6 is 11.8 Å². The maximum atomic E-state index is 13.7. The SMILES string of the molecule is CSc1ccc(NS(=O)(=O)c2cc(C(=O)O)ccc2F)cc1. The molecule has 0 bridgehead atoms. The molecule has 2 aromatic carbocycles. The topological polar surface area (TPSA) is 83.5 Å². The molecule has 0 heterocycles. The number of hydrogen-bond donors (Lipinski definition) is 2. The van der Waals surface area contributed by atoms with Crippen LogP contribution in [0.3, 0.4) is 0 Å². The van der Waals surface area contributed by atoms with Gasteiger partial charge >= 0.3 is 5.97 Å². The summed E-state index contributed by atoms with van der Waals surface area (Å²) < 4.78 is 40.4. The number of anilines is 1. The monoisotopic (exact) mass is 341 g/mol. The molecule has 0 unspecified atom stereocenters. The summed E-state index contributed by atoms with van der Waals surface area (Å²) in [6.45, 7) is 0. The van der Waals surface area contributed by atoms with Crippen molar-refractivity contribution in [2.75, 3.05) is 11.0 Å². The third-order valence-corrected chi connectivity index (χ3v) is 4.95. The van der Waals surface area contributed by atoms with Crippen LogP contribution in [0.15, 0.2) is 52.3 Å². The van der Waals surface area contributed by atoms with Gasteiger partial charge in [-0.15, -0.1) is 11.8 Å². The Bertz CT molecular complexity index is 804. The number of carbonyl (C=O) groups is 1. The maximum absolute atomic E-state index is 13.7. The first kappa shape index (κ1) is 16.3. The lowest BCUT2D eigenvalue weighted by molar-refractivity contribution is 0.0696. The van der Waals surface area contributed by atoms with Crippen molar-refractivity contribution in [2.45, 2.75) is 9.79 Å². The van der Waals surface area contributed by atoms with Crippen LogP contribution in [-0.2, 0) is 10.0 Å². The van der Waals surface area contributed by atoms with Crippen LogP contribution in [-0.4, -0.2) is 25.7 Å². The van der Waals surface area contributed by atoms with Crippen LogP contribution < -0.4 is 4.72 Å². The number of aromatic carboxylic acids is 1. The molecule has 2 rings (SSSR count). The third kappa shape index (κ3) is 3.58. The number of carboxylic acid groups (broad SMARTS) is 1. The summed E-state index contributed by atoms with van der Waals surface area (Å²) in [5.41, 5.74) is -0.0440. The highest BCUT2D eigenvalue weighted by molar-refractivity contribution is 7.98. The quantitative estimate of drug-likeness (QED) is 0.817. The molecule has 8 heteroatoms. The molecule has 2 aromatic rings. The number of benzene rings is 2. The highest BCUT2D eigenvalue weighted by Crippen LogP contribution is 2.22. The van der Waals surface area contributed by atoms with E-state index in [1.165, 1.54) is 11.8 Å². The van der Waals surface area contributed by atoms with Gasteiger partial charge < -0.3 is 5.11 Å². The molecule has 0 atom stereocenters. The first-order valence-electron chi connectivity index (χ1n) is 6.03. The Morgan fingerprint density at radius 1 is 1.18 bits per heavy atom. The molecular weight excluding hydrogens is 329 g/mol. The van der Waals surface area contributed by atoms with Crippen molar-refractivity contribution in [1.82, 2.24) is 0 Å². The third-order valence-electron chi connectivity index (χ3n) is 2.81. The van der Waals surface area contributed by atoms with Crippen molar-refractivity contribution in [3.05, 3.63) is 53.8 Å². The molecule has 0 saturated heterocycles. The standard InChI is InChI=1S/C14H12FNO4S2/c1-21-11-5-3-10(4-6-11)16-22(19,20)13-8-9(14(17)18)2-7-12(13)15/h2-8,16H,1H3,(H,17,18). The molecule has 2 N–H and O–H groups in total. The molecule has 0 aliphatic carbocycles. The average molecular weight is 341 g/mol. The van der Waals surface area contributed by atoms with Gasteiger partial charge in [-0.1, -0.05) is 0 Å². The van der Waals surface area contributed by atoms with Crippen molar-refractivity contribution < 1.29 is 22.7 Å². The number of thioether (sulfide) groups is 1. The number of nitrogens with one attached hydrogen (secondary N) is 1. The fourth-order valence-corrected chi connectivity index (χ4v) is 3.28. The molecule has 0 fully saturated rings. The predicted molar refractivity (Wildman–Crippen MR) is 82.4 cm³/mol. The van der Waals surface area contributed by atoms with Crippen molar-refractivity contribution in [3.63, 3.8) is 0 Å². The van der Waals surface area contributed by atoms with E-state index in [0.29, 0.717) is 0 Å². The zero-order valence-electron chi connectivity index (χ0n) is 11.4. The predicted octanol–water partition coefficient (Wildman–Crippen LogP) is 3.05. The van der Waals surface area contributed by atoms with Crippen LogP contribution in [0.1, 0.15) is 10.4 Å². The summed E-state index contributed by atoms with van der Waals surface area (Å²) >= 11 is 1.50. The molecule has 5 nitrogen and oxygen atoms in total. The first-order chi connectivity index (χ1) is 10.3. The van der Waals surface area contributed by atoms with Gasteiger partial charge in [-0.05, 0) is 48.7 Å². The fraction of sp³-hybridized carbons (Fsp3) is 0.0714. The summed E-state index contributed by atoms with van der Waals surface area (Å²) in [6.07, 6.45) is 1.88. The molecule has 116 valence electrons. The summed E-state index contributed by atoms with van der Waals surface area (Å²) in [5, 5.41) is 8.87. The largest absolute Gasteiger partial charge is 0.478 e. The fourth-order valence-electron chi connectivity index (χ4n) is 1.71. The van der Waals surface area contributed by atoms with Gasteiger partial charge in [-0.2, -0.15) is 0 Å². The highest BCUT2D eigenvalue weighted by Gasteiger charge is 2.21. The maximum Gasteiger partial charge on any atom is 0.335 e. The Kier molecular flexibility index (Phi) is 4.72. The number of sulfonamides is 1. The lowest BCUT2D eigenvalue weighted by Crippen LogP contribution is -2.15. The minimum Gasteiger partial charge on any atom is -0.478 e. The second kappa shape index (κ2) is 6.37. The smallest absolute Gasteiger partial charge is 0.335 e. The van der Waals surface area contributed by atoms with E-state index in [0.717, 1.165) is 23.1 Å². The van der Waals surface area contributed by atoms with Crippen molar-refractivity contribution in [1.29, 1.82) is 0 Å². The van der Waals surface area contributed by atoms with E-state index in [2.05, 4.69) is 4.72 Å². The normalized spacial score (nSPS) is 11.2. The average Bonchev–Trinajstić information content (AvgIpc) is 2.47. The molecule has 22 heavy (non-hydrogen) atoms. The second-order valence-corrected chi connectivity index (χ2v) is 6.81. The minimum atomic E-state index is -4.21. The van der Waals surface area contributed by atoms with E-state index in [9.17, 15) is 17.6 Å². The minimum absolute atomic E-state index is 0.262. The van der Waals surface area contributed by atoms with Crippen LogP contribution in [0, 0.1) is 5.82 Å². The van der Waals surface area contributed by atoms with E-state index in [-0.39, 0.29) is 11.3 Å². The van der Waals surface area contributed by atoms with Gasteiger partial charge in [0, 0.05) is 10.6 Å². The Morgan fingerprint density at radius 3 is 2.36 bits per heavy atom. The van der Waals surface area contributed by atoms with E-state index < -0.39 is 26.7 Å². The summed E-state index contributed by atoms with van der Waals surface area (Å²) in [7, 11) is -4.21. The lowest BCUT2D eigenvalue weighted by atomic mass is 10.2. The Labute approximate surface area is 131 Å². The van der Waals surface area contributed by atoms with Crippen LogP contribution in [0.25, 0.3) is 0 Å². The van der Waals surface area contributed by atoms with Crippen molar-refractivity contribution >= 4 is 33.4 Å². The Morgan fingerprint density at radius 2 is 1.82 bits per heavy atom. The van der Waals surface area contributed by atoms with Gasteiger partial charge in [0.1, 0.15) is 10.7 Å². The molecule has 0 aliphatic heterocycles. The molecule has 0 radical (unpaired) electrons. The van der Waals surface area contributed by atoms with Crippen LogP contribution in [0.2, 0.25) is 0 Å². The Hall–Kier alpha value is -2.06. The van der Waals surface area contributed by atoms with E-state index >= 15 is 0 Å². The van der Waals surface area contributed by atoms with Gasteiger partial charge in [0.25, 0.3) is 10.0 Å². The van der Waals surface area contributed by atoms with Gasteiger partial charge in [0.15, 0.2) is 0 Å². The van der Waals surface area contributed by atoms with E-state index in [4.69, 9.17) is 5.11 Å². The van der Waals surface area contributed by atoms with Crippen molar-refractivity contribution in [3.8, 4) is 0 Å². The van der Waals surface area contributed by atoms with Gasteiger partial charge in [0.2, 0.25) is 0 Å².